The van der Waals surface area contributed by atoms with Gasteiger partial charge >= 0.3 is 0 Å². The van der Waals surface area contributed by atoms with Gasteiger partial charge in [0.1, 0.15) is 49.2 Å². The highest BCUT2D eigenvalue weighted by Gasteiger charge is 2.27. The van der Waals surface area contributed by atoms with E-state index in [-0.39, 0.29) is 49.6 Å². The van der Waals surface area contributed by atoms with Crippen LogP contribution in [0.25, 0.3) is 0 Å². The fourth-order valence-corrected chi connectivity index (χ4v) is 9.29. The summed E-state index contributed by atoms with van der Waals surface area (Å²) in [7, 11) is 27.4. The highest BCUT2D eigenvalue weighted by atomic mass is 35.5. The van der Waals surface area contributed by atoms with Gasteiger partial charge in [0, 0.05) is 47.9 Å². The van der Waals surface area contributed by atoms with Crippen molar-refractivity contribution in [3.05, 3.63) is 115 Å². The van der Waals surface area contributed by atoms with E-state index < -0.39 is 0 Å². The number of benzene rings is 4. The van der Waals surface area contributed by atoms with E-state index >= 15 is 0 Å². The van der Waals surface area contributed by atoms with Gasteiger partial charge in [0.05, 0.1) is 111 Å². The molecule has 1 aliphatic rings. The first kappa shape index (κ1) is 63.1. The minimum atomic E-state index is 0. The van der Waals surface area contributed by atoms with Crippen LogP contribution in [0.4, 0.5) is 0 Å². The molecular weight excluding hydrogens is 934 g/mol. The maximum atomic E-state index is 6.98. The third kappa shape index (κ3) is 19.0. The van der Waals surface area contributed by atoms with Crippen molar-refractivity contribution in [1.29, 1.82) is 0 Å². The van der Waals surface area contributed by atoms with Crippen LogP contribution in [0.2, 0.25) is 0 Å². The Morgan fingerprint density at radius 1 is 0.294 bits per heavy atom. The molecule has 68 heavy (non-hydrogen) atoms. The van der Waals surface area contributed by atoms with Crippen LogP contribution in [0, 0.1) is 0 Å². The molecule has 0 spiro atoms. The summed E-state index contributed by atoms with van der Waals surface area (Å²) in [4.78, 5) is 0. The monoisotopic (exact) mass is 1020 g/mol. The second-order valence-corrected chi connectivity index (χ2v) is 22.9. The summed E-state index contributed by atoms with van der Waals surface area (Å²) in [6.45, 7) is 15.0. The molecule has 8 nitrogen and oxygen atoms in total. The molecular formula is C56H88Cl4N4O4. The Morgan fingerprint density at radius 3 is 0.559 bits per heavy atom. The van der Waals surface area contributed by atoms with Gasteiger partial charge in [-0.2, -0.15) is 0 Å². The summed E-state index contributed by atoms with van der Waals surface area (Å²) in [6, 6.07) is 19.5. The Morgan fingerprint density at radius 2 is 0.441 bits per heavy atom. The first-order valence-corrected chi connectivity index (χ1v) is 24.3. The number of halogens is 4. The van der Waals surface area contributed by atoms with Crippen molar-refractivity contribution in [2.75, 3.05) is 111 Å². The zero-order chi connectivity index (χ0) is 47.0. The number of nitrogens with zero attached hydrogens (tertiary/aromatic N) is 4. The second-order valence-electron chi connectivity index (χ2n) is 22.9. The number of fused-ring (bicyclic) bond motifs is 8. The first-order valence-electron chi connectivity index (χ1n) is 24.3. The summed E-state index contributed by atoms with van der Waals surface area (Å²) in [5.41, 5.74) is 15.0. The van der Waals surface area contributed by atoms with E-state index in [9.17, 15) is 0 Å². The number of quaternary nitrogens is 4. The molecule has 0 N–H and O–H groups in total. The van der Waals surface area contributed by atoms with Gasteiger partial charge in [-0.1, -0.05) is 27.7 Å². The van der Waals surface area contributed by atoms with Crippen LogP contribution >= 0.6 is 0 Å². The van der Waals surface area contributed by atoms with Crippen LogP contribution in [0.1, 0.15) is 120 Å². The van der Waals surface area contributed by atoms with Gasteiger partial charge < -0.3 is 86.5 Å². The number of hydrogen-bond donors (Lipinski definition) is 0. The molecule has 0 unspecified atom stereocenters. The van der Waals surface area contributed by atoms with Gasteiger partial charge in [-0.05, 0) is 119 Å². The van der Waals surface area contributed by atoms with E-state index in [4.69, 9.17) is 18.9 Å². The van der Waals surface area contributed by atoms with E-state index in [2.05, 4.69) is 161 Å². The second kappa shape index (κ2) is 27.1. The quantitative estimate of drug-likeness (QED) is 0.0879. The van der Waals surface area contributed by atoms with Crippen molar-refractivity contribution in [2.45, 2.75) is 105 Å². The summed E-state index contributed by atoms with van der Waals surface area (Å²) in [6.07, 6.45) is 6.52. The molecule has 8 bridgehead atoms. The van der Waals surface area contributed by atoms with E-state index in [1.165, 1.54) is 66.8 Å². The topological polar surface area (TPSA) is 36.9 Å². The molecule has 0 aliphatic heterocycles. The van der Waals surface area contributed by atoms with E-state index in [0.717, 1.165) is 92.8 Å². The zero-order valence-electron chi connectivity index (χ0n) is 44.9. The highest BCUT2D eigenvalue weighted by molar-refractivity contribution is 5.58. The minimum absolute atomic E-state index is 0. The molecule has 0 radical (unpaired) electrons. The van der Waals surface area contributed by atoms with Gasteiger partial charge in [0.2, 0.25) is 0 Å². The zero-order valence-corrected chi connectivity index (χ0v) is 47.9. The Bertz CT molecular complexity index is 1800. The van der Waals surface area contributed by atoms with Crippen LogP contribution in [0.3, 0.4) is 0 Å². The predicted molar refractivity (Wildman–Crippen MR) is 267 cm³/mol. The van der Waals surface area contributed by atoms with Crippen molar-refractivity contribution < 1.29 is 86.5 Å². The maximum Gasteiger partial charge on any atom is 0.126 e. The number of ether oxygens (including phenoxy) is 4. The molecule has 0 saturated heterocycles. The molecule has 0 aromatic heterocycles. The Labute approximate surface area is 438 Å². The Kier molecular flexibility index (Phi) is 25.1. The minimum Gasteiger partial charge on any atom is -1.00 e. The molecule has 5 rings (SSSR count). The van der Waals surface area contributed by atoms with E-state index in [1.54, 1.807) is 0 Å². The molecule has 0 saturated carbocycles. The third-order valence-corrected chi connectivity index (χ3v) is 11.2. The highest BCUT2D eigenvalue weighted by Crippen LogP contribution is 2.42. The lowest BCUT2D eigenvalue weighted by Crippen LogP contribution is -3.00. The van der Waals surface area contributed by atoms with Crippen molar-refractivity contribution in [2.24, 2.45) is 0 Å². The van der Waals surface area contributed by atoms with Crippen LogP contribution < -0.4 is 68.6 Å². The molecule has 4 aromatic rings. The van der Waals surface area contributed by atoms with Crippen LogP contribution in [0.15, 0.2) is 48.5 Å². The molecule has 0 fully saturated rings. The Balaban J connectivity index is 0.00000578. The molecule has 0 amide bonds. The lowest BCUT2D eigenvalue weighted by molar-refractivity contribution is -0.884. The average molecular weight is 1020 g/mol. The predicted octanol–water partition coefficient (Wildman–Crippen LogP) is -1.64. The van der Waals surface area contributed by atoms with E-state index in [0.29, 0.717) is 52.1 Å². The standard InChI is InChI=1S/C56H88N4O4.4ClH/c1-17-21-61-53-45-25-41(37-57(5,6)7)26-46(53)34-48-28-43(39-59(11,12)13)30-50(55(48)63-23-19-3)36-52-32-44(40-60(14,15)16)31-51(56(52)64-24-20-4)35-49-29-42(38-58(8,9)10)27-47(33-45)54(49)62-22-18-2;;;;/h25-32H,17-24,33-40H2,1-16H3;4*1H/q+4;;;;/p-4. The first-order chi connectivity index (χ1) is 30.0. The maximum absolute atomic E-state index is 6.98. The lowest BCUT2D eigenvalue weighted by atomic mass is 9.88. The number of hydrogen-bond acceptors (Lipinski definition) is 4. The van der Waals surface area contributed by atoms with Crippen molar-refractivity contribution in [3.63, 3.8) is 0 Å². The van der Waals surface area contributed by atoms with Gasteiger partial charge in [0.15, 0.2) is 0 Å². The van der Waals surface area contributed by atoms with Crippen molar-refractivity contribution in [3.8, 4) is 23.0 Å². The van der Waals surface area contributed by atoms with Gasteiger partial charge in [-0.3, -0.25) is 0 Å². The van der Waals surface area contributed by atoms with Gasteiger partial charge in [0.25, 0.3) is 0 Å². The van der Waals surface area contributed by atoms with Crippen molar-refractivity contribution in [1.82, 2.24) is 0 Å². The summed E-state index contributed by atoms with van der Waals surface area (Å²) < 4.78 is 31.2. The Hall–Kier alpha value is -2.92. The fraction of sp³-hybridized carbons (Fsp3) is 0.571. The van der Waals surface area contributed by atoms with Crippen LogP contribution in [0.5, 0.6) is 23.0 Å². The smallest absolute Gasteiger partial charge is 0.126 e. The van der Waals surface area contributed by atoms with E-state index in [1.807, 2.05) is 0 Å². The molecule has 0 atom stereocenters. The summed E-state index contributed by atoms with van der Waals surface area (Å²) >= 11 is 0. The number of rotatable bonds is 20. The van der Waals surface area contributed by atoms with Gasteiger partial charge in [-0.25, -0.2) is 0 Å². The summed E-state index contributed by atoms with van der Waals surface area (Å²) in [5, 5.41) is 0. The summed E-state index contributed by atoms with van der Waals surface area (Å²) in [5.74, 6) is 4.02. The molecule has 12 heteroatoms. The van der Waals surface area contributed by atoms with Gasteiger partial charge in [-0.15, -0.1) is 0 Å². The van der Waals surface area contributed by atoms with Crippen LogP contribution in [-0.2, 0) is 51.9 Å². The normalized spacial score (nSPS) is 12.7. The SMILES string of the molecule is CCCOc1c2cc(C[N+](C)(C)C)cc1Cc1cc(C[N+](C)(C)C)cc(c1OCCC)Cc1cc(C[N+](C)(C)C)cc(c1OCCC)Cc1cc(C[N+](C)(C)C)cc(c1OCCC)C2.[Cl-].[Cl-].[Cl-].[Cl-]. The van der Waals surface area contributed by atoms with Crippen LogP contribution in [-0.4, -0.2) is 129 Å². The lowest BCUT2D eigenvalue weighted by Gasteiger charge is -2.28. The third-order valence-electron chi connectivity index (χ3n) is 11.2. The van der Waals surface area contributed by atoms with Crippen molar-refractivity contribution >= 4 is 0 Å². The fourth-order valence-electron chi connectivity index (χ4n) is 9.29. The molecule has 1 aliphatic carbocycles. The molecule has 0 heterocycles. The molecule has 4 aromatic carbocycles. The largest absolute Gasteiger partial charge is 1.00 e. The molecule has 384 valence electrons. The average Bonchev–Trinajstić information content (AvgIpc) is 3.14.